The molecule has 2 aromatic rings. The van der Waals surface area contributed by atoms with Gasteiger partial charge in [0, 0.05) is 47.0 Å². The van der Waals surface area contributed by atoms with E-state index in [4.69, 9.17) is 38.4 Å². The van der Waals surface area contributed by atoms with Gasteiger partial charge >= 0.3 is 0 Å². The summed E-state index contributed by atoms with van der Waals surface area (Å²) in [4.78, 5) is 4.65. The number of nitrogens with two attached hydrogens (primary N) is 1. The summed E-state index contributed by atoms with van der Waals surface area (Å²) in [7, 11) is 1.67. The minimum absolute atomic E-state index is 0. The predicted molar refractivity (Wildman–Crippen MR) is 131 cm³/mol. The number of hydrogen-bond donors (Lipinski definition) is 2. The van der Waals surface area contributed by atoms with Gasteiger partial charge < -0.3 is 20.5 Å². The molecule has 3 rings (SSSR count). The van der Waals surface area contributed by atoms with Gasteiger partial charge in [-0.1, -0.05) is 47.5 Å². The highest BCUT2D eigenvalue weighted by atomic mass is 127. The van der Waals surface area contributed by atoms with E-state index in [0.717, 1.165) is 29.7 Å². The van der Waals surface area contributed by atoms with E-state index in [1.807, 2.05) is 36.4 Å². The number of guanidine groups is 1. The lowest BCUT2D eigenvalue weighted by Crippen LogP contribution is -2.38. The summed E-state index contributed by atoms with van der Waals surface area (Å²) < 4.78 is 10.8. The summed E-state index contributed by atoms with van der Waals surface area (Å²) in [5.74, 6) is 0.361. The zero-order chi connectivity index (χ0) is 20.0. The Labute approximate surface area is 199 Å². The molecule has 29 heavy (non-hydrogen) atoms. The van der Waals surface area contributed by atoms with Crippen LogP contribution in [0.2, 0.25) is 10.0 Å². The van der Waals surface area contributed by atoms with E-state index in [9.17, 15) is 0 Å². The van der Waals surface area contributed by atoms with Gasteiger partial charge in [-0.25, -0.2) is 0 Å². The van der Waals surface area contributed by atoms with Crippen LogP contribution in [-0.2, 0) is 21.5 Å². The van der Waals surface area contributed by atoms with Gasteiger partial charge in [0.2, 0.25) is 0 Å². The Morgan fingerprint density at radius 3 is 2.62 bits per heavy atom. The second-order valence-electron chi connectivity index (χ2n) is 6.93. The number of nitrogens with zero attached hydrogens (tertiary/aromatic N) is 1. The van der Waals surface area contributed by atoms with Crippen molar-refractivity contribution >= 4 is 58.8 Å². The number of ether oxygens (including phenoxy) is 2. The number of benzene rings is 2. The highest BCUT2D eigenvalue weighted by Gasteiger charge is 2.36. The number of aliphatic imine (C=N–C) groups is 1. The molecule has 1 fully saturated rings. The summed E-state index contributed by atoms with van der Waals surface area (Å²) in [5.41, 5.74) is 8.92. The molecule has 0 spiro atoms. The van der Waals surface area contributed by atoms with E-state index < -0.39 is 0 Å². The van der Waals surface area contributed by atoms with Crippen LogP contribution in [0.5, 0.6) is 0 Å². The van der Waals surface area contributed by atoms with Gasteiger partial charge in [-0.3, -0.25) is 4.99 Å². The summed E-state index contributed by atoms with van der Waals surface area (Å²) in [6, 6.07) is 13.5. The van der Waals surface area contributed by atoms with Crippen LogP contribution in [-0.4, -0.2) is 32.8 Å². The van der Waals surface area contributed by atoms with Crippen LogP contribution in [0.25, 0.3) is 0 Å². The lowest BCUT2D eigenvalue weighted by molar-refractivity contribution is 0.0532. The Kier molecular flexibility index (Phi) is 9.49. The van der Waals surface area contributed by atoms with E-state index in [-0.39, 0.29) is 29.4 Å². The van der Waals surface area contributed by atoms with Crippen molar-refractivity contribution in [2.45, 2.75) is 24.9 Å². The number of hydrogen-bond acceptors (Lipinski definition) is 3. The molecule has 0 unspecified atom stereocenters. The Hall–Kier alpha value is -1.06. The molecule has 1 aliphatic rings. The van der Waals surface area contributed by atoms with Crippen molar-refractivity contribution in [3.05, 3.63) is 63.6 Å². The predicted octanol–water partition coefficient (Wildman–Crippen LogP) is 5.23. The van der Waals surface area contributed by atoms with Crippen LogP contribution in [0, 0.1) is 0 Å². The smallest absolute Gasteiger partial charge is 0.193 e. The van der Waals surface area contributed by atoms with E-state index in [1.165, 1.54) is 0 Å². The van der Waals surface area contributed by atoms with E-state index in [0.29, 0.717) is 42.4 Å². The lowest BCUT2D eigenvalue weighted by atomic mass is 9.74. The van der Waals surface area contributed by atoms with E-state index in [2.05, 4.69) is 10.3 Å². The maximum absolute atomic E-state index is 6.52. The molecule has 0 bridgehead atoms. The van der Waals surface area contributed by atoms with Gasteiger partial charge in [-0.05, 0) is 36.6 Å². The van der Waals surface area contributed by atoms with Crippen LogP contribution in [0.15, 0.2) is 47.5 Å². The van der Waals surface area contributed by atoms with Crippen molar-refractivity contribution in [1.82, 2.24) is 0 Å². The number of anilines is 1. The van der Waals surface area contributed by atoms with Gasteiger partial charge in [0.15, 0.2) is 5.96 Å². The van der Waals surface area contributed by atoms with E-state index >= 15 is 0 Å². The normalized spacial score (nSPS) is 16.2. The third-order valence-corrected chi connectivity index (χ3v) is 5.63. The molecule has 0 saturated carbocycles. The molecular weight excluding hydrogens is 524 g/mol. The number of para-hydroxylation sites is 1. The molecular formula is C21H26Cl2IN3O2. The van der Waals surface area contributed by atoms with Crippen LogP contribution >= 0.6 is 47.2 Å². The van der Waals surface area contributed by atoms with Crippen LogP contribution in [0.3, 0.4) is 0 Å². The molecule has 3 N–H and O–H groups in total. The van der Waals surface area contributed by atoms with Gasteiger partial charge in [0.25, 0.3) is 0 Å². The fourth-order valence-corrected chi connectivity index (χ4v) is 4.14. The minimum atomic E-state index is -0.224. The molecule has 1 heterocycles. The minimum Gasteiger partial charge on any atom is -0.381 e. The standard InChI is InChI=1S/C21H25Cl2N3O2.HI/c1-27-13-15-4-2-3-5-19(15)26-20(24)25-14-21(8-10-28-11-9-21)17-7-6-16(22)12-18(17)23;/h2-7,12H,8-11,13-14H2,1H3,(H3,24,25,26);1H. The Bertz CT molecular complexity index is 842. The number of nitrogens with one attached hydrogen (secondary N) is 1. The molecule has 0 atom stereocenters. The average molecular weight is 550 g/mol. The van der Waals surface area contributed by atoms with Crippen molar-refractivity contribution in [2.75, 3.05) is 32.2 Å². The zero-order valence-electron chi connectivity index (χ0n) is 16.3. The Morgan fingerprint density at radius 1 is 1.21 bits per heavy atom. The third-order valence-electron chi connectivity index (χ3n) is 5.08. The first-order valence-corrected chi connectivity index (χ1v) is 9.97. The number of halogens is 3. The lowest BCUT2D eigenvalue weighted by Gasteiger charge is -2.37. The highest BCUT2D eigenvalue weighted by Crippen LogP contribution is 2.40. The average Bonchev–Trinajstić information content (AvgIpc) is 2.69. The number of methoxy groups -OCH3 is 1. The molecule has 5 nitrogen and oxygen atoms in total. The van der Waals surface area contributed by atoms with Crippen molar-refractivity contribution in [2.24, 2.45) is 10.7 Å². The van der Waals surface area contributed by atoms with Crippen molar-refractivity contribution < 1.29 is 9.47 Å². The van der Waals surface area contributed by atoms with Crippen molar-refractivity contribution in [3.8, 4) is 0 Å². The molecule has 0 aliphatic carbocycles. The highest BCUT2D eigenvalue weighted by molar-refractivity contribution is 14.0. The largest absolute Gasteiger partial charge is 0.381 e. The third kappa shape index (κ3) is 6.21. The maximum atomic E-state index is 6.52. The Balaban J connectivity index is 0.00000300. The Morgan fingerprint density at radius 2 is 1.93 bits per heavy atom. The molecule has 158 valence electrons. The fourth-order valence-electron chi connectivity index (χ4n) is 3.53. The maximum Gasteiger partial charge on any atom is 0.193 e. The monoisotopic (exact) mass is 549 g/mol. The summed E-state index contributed by atoms with van der Waals surface area (Å²) in [6.07, 6.45) is 1.65. The van der Waals surface area contributed by atoms with Gasteiger partial charge in [0.1, 0.15) is 0 Å². The number of rotatable bonds is 6. The topological polar surface area (TPSA) is 68.9 Å². The molecule has 1 aliphatic heterocycles. The van der Waals surface area contributed by atoms with Gasteiger partial charge in [-0.15, -0.1) is 24.0 Å². The molecule has 1 saturated heterocycles. The van der Waals surface area contributed by atoms with Gasteiger partial charge in [0.05, 0.1) is 13.2 Å². The first-order valence-electron chi connectivity index (χ1n) is 9.21. The fraction of sp³-hybridized carbons (Fsp3) is 0.381. The van der Waals surface area contributed by atoms with E-state index in [1.54, 1.807) is 13.2 Å². The summed E-state index contributed by atoms with van der Waals surface area (Å²) in [6.45, 7) is 2.35. The molecule has 2 aromatic carbocycles. The van der Waals surface area contributed by atoms with Crippen molar-refractivity contribution in [3.63, 3.8) is 0 Å². The first-order chi connectivity index (χ1) is 13.5. The van der Waals surface area contributed by atoms with Crippen LogP contribution in [0.4, 0.5) is 5.69 Å². The quantitative estimate of drug-likeness (QED) is 0.294. The second-order valence-corrected chi connectivity index (χ2v) is 7.78. The summed E-state index contributed by atoms with van der Waals surface area (Å²) in [5, 5.41) is 4.46. The van der Waals surface area contributed by atoms with Crippen LogP contribution < -0.4 is 11.1 Å². The van der Waals surface area contributed by atoms with Gasteiger partial charge in [-0.2, -0.15) is 0 Å². The molecule has 0 amide bonds. The molecule has 0 radical (unpaired) electrons. The van der Waals surface area contributed by atoms with Crippen LogP contribution in [0.1, 0.15) is 24.0 Å². The zero-order valence-corrected chi connectivity index (χ0v) is 20.1. The van der Waals surface area contributed by atoms with Crippen molar-refractivity contribution in [1.29, 1.82) is 0 Å². The second kappa shape index (κ2) is 11.4. The summed E-state index contributed by atoms with van der Waals surface area (Å²) >= 11 is 12.6. The first kappa shape index (κ1) is 24.2. The SMILES string of the molecule is COCc1ccccc1NC(N)=NCC1(c2ccc(Cl)cc2Cl)CCOCC1.I. The molecule has 8 heteroatoms. The molecule has 0 aromatic heterocycles.